The Bertz CT molecular complexity index is 1040. The van der Waals surface area contributed by atoms with Crippen LogP contribution in [-0.2, 0) is 11.8 Å². The van der Waals surface area contributed by atoms with Crippen molar-refractivity contribution in [1.29, 1.82) is 0 Å². The van der Waals surface area contributed by atoms with Gasteiger partial charge in [0, 0.05) is 37.6 Å². The van der Waals surface area contributed by atoms with E-state index in [1.165, 1.54) is 12.8 Å². The average molecular weight is 399 g/mol. The first-order chi connectivity index (χ1) is 13.7. The van der Waals surface area contributed by atoms with Gasteiger partial charge < -0.3 is 9.64 Å². The van der Waals surface area contributed by atoms with Crippen molar-refractivity contribution in [2.24, 2.45) is 7.05 Å². The van der Waals surface area contributed by atoms with Gasteiger partial charge in [-0.1, -0.05) is 11.6 Å². The second-order valence-corrected chi connectivity index (χ2v) is 8.62. The van der Waals surface area contributed by atoms with Crippen LogP contribution in [0.25, 0.3) is 16.6 Å². The molecule has 0 amide bonds. The Hall–Kier alpha value is -2.09. The van der Waals surface area contributed by atoms with E-state index in [1.54, 1.807) is 4.68 Å². The second kappa shape index (κ2) is 6.20. The minimum atomic E-state index is 0.510. The van der Waals surface area contributed by atoms with Crippen LogP contribution in [-0.4, -0.2) is 68.9 Å². The molecule has 7 nitrogen and oxygen atoms in total. The molecule has 4 saturated heterocycles. The van der Waals surface area contributed by atoms with Gasteiger partial charge in [0.2, 0.25) is 0 Å². The summed E-state index contributed by atoms with van der Waals surface area (Å²) < 4.78 is 9.17. The summed E-state index contributed by atoms with van der Waals surface area (Å²) in [4.78, 5) is 5.19. The van der Waals surface area contributed by atoms with Crippen LogP contribution in [0.3, 0.4) is 0 Å². The van der Waals surface area contributed by atoms with Crippen LogP contribution < -0.4 is 4.90 Å². The number of piperidine rings is 2. The molecular formula is C20H23ClN6O. The lowest BCUT2D eigenvalue weighted by atomic mass is 9.88. The molecule has 0 N–H and O–H groups in total. The van der Waals surface area contributed by atoms with Crippen LogP contribution in [0.4, 0.5) is 5.69 Å². The number of aromatic nitrogens is 4. The van der Waals surface area contributed by atoms with Crippen molar-refractivity contribution in [3.05, 3.63) is 35.7 Å². The van der Waals surface area contributed by atoms with Gasteiger partial charge in [-0.25, -0.2) is 4.68 Å². The summed E-state index contributed by atoms with van der Waals surface area (Å²) in [6.07, 6.45) is 8.18. The fourth-order valence-corrected chi connectivity index (χ4v) is 5.28. The van der Waals surface area contributed by atoms with E-state index in [9.17, 15) is 0 Å². The van der Waals surface area contributed by atoms with E-state index in [0.717, 1.165) is 53.6 Å². The van der Waals surface area contributed by atoms with E-state index >= 15 is 0 Å². The molecule has 4 fully saturated rings. The molecule has 2 atom stereocenters. The smallest absolute Gasteiger partial charge is 0.103 e. The predicted octanol–water partition coefficient (Wildman–Crippen LogP) is 2.46. The molecule has 8 heteroatoms. The van der Waals surface area contributed by atoms with Crippen molar-refractivity contribution in [3.63, 3.8) is 0 Å². The summed E-state index contributed by atoms with van der Waals surface area (Å²) in [5.41, 5.74) is 3.15. The summed E-state index contributed by atoms with van der Waals surface area (Å²) >= 11 is 6.74. The van der Waals surface area contributed by atoms with Gasteiger partial charge in [0.1, 0.15) is 5.69 Å². The number of ether oxygens (including phenoxy) is 1. The van der Waals surface area contributed by atoms with Crippen LogP contribution in [0.5, 0.6) is 0 Å². The highest BCUT2D eigenvalue weighted by atomic mass is 35.5. The number of piperazine rings is 1. The number of benzene rings is 1. The summed E-state index contributed by atoms with van der Waals surface area (Å²) in [5, 5.41) is 10.7. The highest BCUT2D eigenvalue weighted by Crippen LogP contribution is 2.39. The first kappa shape index (κ1) is 16.8. The highest BCUT2D eigenvalue weighted by Gasteiger charge is 2.43. The molecule has 2 aromatic heterocycles. The molecule has 28 heavy (non-hydrogen) atoms. The molecule has 6 heterocycles. The largest absolute Gasteiger partial charge is 0.378 e. The first-order valence-corrected chi connectivity index (χ1v) is 10.3. The lowest BCUT2D eigenvalue weighted by Gasteiger charge is -2.56. The fraction of sp³-hybridized carbons (Fsp3) is 0.500. The molecule has 4 aliphatic heterocycles. The van der Waals surface area contributed by atoms with Gasteiger partial charge in [-0.15, -0.1) is 0 Å². The highest BCUT2D eigenvalue weighted by molar-refractivity contribution is 6.34. The monoisotopic (exact) mass is 398 g/mol. The number of nitrogens with zero attached hydrogens (tertiary/aromatic N) is 6. The summed E-state index contributed by atoms with van der Waals surface area (Å²) in [7, 11) is 1.92. The third kappa shape index (κ3) is 2.50. The molecule has 4 aliphatic rings. The van der Waals surface area contributed by atoms with Crippen molar-refractivity contribution < 1.29 is 4.74 Å². The van der Waals surface area contributed by atoms with Crippen LogP contribution in [0.15, 0.2) is 30.7 Å². The Kier molecular flexibility index (Phi) is 3.73. The molecule has 2 unspecified atom stereocenters. The molecule has 2 bridgehead atoms. The molecule has 0 saturated carbocycles. The Morgan fingerprint density at radius 3 is 2.57 bits per heavy atom. The Labute approximate surface area is 168 Å². The van der Waals surface area contributed by atoms with Crippen molar-refractivity contribution >= 4 is 28.2 Å². The van der Waals surface area contributed by atoms with Crippen LogP contribution >= 0.6 is 11.6 Å². The Morgan fingerprint density at radius 1 is 1.04 bits per heavy atom. The quantitative estimate of drug-likeness (QED) is 0.678. The van der Waals surface area contributed by atoms with E-state index < -0.39 is 0 Å². The fourth-order valence-electron chi connectivity index (χ4n) is 5.00. The maximum Gasteiger partial charge on any atom is 0.103 e. The topological polar surface area (TPSA) is 51.4 Å². The van der Waals surface area contributed by atoms with Crippen molar-refractivity contribution in [2.75, 3.05) is 31.2 Å². The van der Waals surface area contributed by atoms with Gasteiger partial charge in [-0.2, -0.15) is 10.2 Å². The normalized spacial score (nSPS) is 25.6. The number of hydrogen-bond donors (Lipinski definition) is 0. The van der Waals surface area contributed by atoms with E-state index in [4.69, 9.17) is 16.3 Å². The van der Waals surface area contributed by atoms with E-state index in [2.05, 4.69) is 26.1 Å². The van der Waals surface area contributed by atoms with Gasteiger partial charge in [0.25, 0.3) is 0 Å². The number of halogens is 1. The van der Waals surface area contributed by atoms with Crippen LogP contribution in [0.1, 0.15) is 12.8 Å². The van der Waals surface area contributed by atoms with Gasteiger partial charge in [-0.3, -0.25) is 9.58 Å². The van der Waals surface area contributed by atoms with Gasteiger partial charge in [-0.05, 0) is 25.0 Å². The third-order valence-corrected chi connectivity index (χ3v) is 6.85. The minimum absolute atomic E-state index is 0.510. The van der Waals surface area contributed by atoms with Crippen LogP contribution in [0.2, 0.25) is 5.02 Å². The van der Waals surface area contributed by atoms with Gasteiger partial charge in [0.15, 0.2) is 0 Å². The molecule has 0 radical (unpaired) electrons. The van der Waals surface area contributed by atoms with Gasteiger partial charge in [0.05, 0.1) is 54.1 Å². The minimum Gasteiger partial charge on any atom is -0.378 e. The number of anilines is 1. The molecule has 7 rings (SSSR count). The third-order valence-electron chi connectivity index (χ3n) is 6.54. The van der Waals surface area contributed by atoms with E-state index in [-0.39, 0.29) is 0 Å². The number of aryl methyl sites for hydroxylation is 1. The Morgan fingerprint density at radius 2 is 1.89 bits per heavy atom. The summed E-state index contributed by atoms with van der Waals surface area (Å²) in [5.74, 6) is 0. The zero-order valence-corrected chi connectivity index (χ0v) is 16.6. The predicted molar refractivity (Wildman–Crippen MR) is 108 cm³/mol. The lowest BCUT2D eigenvalue weighted by Crippen LogP contribution is -2.68. The van der Waals surface area contributed by atoms with Crippen molar-refractivity contribution in [3.8, 4) is 5.69 Å². The second-order valence-electron chi connectivity index (χ2n) is 8.22. The molecule has 0 aliphatic carbocycles. The van der Waals surface area contributed by atoms with Crippen LogP contribution in [0, 0.1) is 0 Å². The maximum atomic E-state index is 6.74. The average Bonchev–Trinajstić information content (AvgIpc) is 3.25. The zero-order chi connectivity index (χ0) is 18.8. The van der Waals surface area contributed by atoms with Gasteiger partial charge >= 0.3 is 0 Å². The molecule has 0 spiro atoms. The Balaban J connectivity index is 1.37. The summed E-state index contributed by atoms with van der Waals surface area (Å²) in [6.45, 7) is 3.92. The van der Waals surface area contributed by atoms with Crippen molar-refractivity contribution in [2.45, 2.75) is 31.0 Å². The standard InChI is InChI=1S/C20H23ClN6O/c1-24-8-16(7-22-24)27-19-5-20(18(21)4-13(19)6-23-27)26-10-14-2-3-15(26)9-25(14)17-11-28-12-17/h4-8,14-15,17H,2-3,9-12H2,1H3. The maximum absolute atomic E-state index is 6.74. The summed E-state index contributed by atoms with van der Waals surface area (Å²) in [6, 6.07) is 5.96. The molecule has 1 aromatic carbocycles. The lowest BCUT2D eigenvalue weighted by molar-refractivity contribution is -0.0965. The number of fused-ring (bicyclic) bond motifs is 4. The molecule has 3 aromatic rings. The number of rotatable bonds is 3. The molecule has 146 valence electrons. The van der Waals surface area contributed by atoms with Crippen molar-refractivity contribution in [1.82, 2.24) is 24.5 Å². The zero-order valence-electron chi connectivity index (χ0n) is 15.8. The number of hydrogen-bond acceptors (Lipinski definition) is 5. The first-order valence-electron chi connectivity index (χ1n) is 9.94. The SMILES string of the molecule is Cn1cc(-n2ncc3cc(Cl)c(N4CC5CCC4CN5C4COC4)cc32)cn1. The van der Waals surface area contributed by atoms with E-state index in [1.807, 2.05) is 36.4 Å². The van der Waals surface area contributed by atoms with E-state index in [0.29, 0.717) is 18.1 Å². The molecular weight excluding hydrogens is 376 g/mol.